The standard InChI is InChI=1S/C11H15N3O2/c1-9(11(15)13-5-7-16-2)14-6-3-4-10(14)8-12/h3-4,6,9H,5,7H2,1-2H3,(H,13,15). The van der Waals surface area contributed by atoms with Crippen molar-refractivity contribution in [1.29, 1.82) is 5.26 Å². The third kappa shape index (κ3) is 2.84. The number of amides is 1. The average Bonchev–Trinajstić information content (AvgIpc) is 2.76. The lowest BCUT2D eigenvalue weighted by molar-refractivity contribution is -0.124. The molecule has 0 fully saturated rings. The van der Waals surface area contributed by atoms with Crippen LogP contribution >= 0.6 is 0 Å². The van der Waals surface area contributed by atoms with Gasteiger partial charge in [-0.3, -0.25) is 4.79 Å². The Morgan fingerprint density at radius 1 is 1.75 bits per heavy atom. The van der Waals surface area contributed by atoms with Gasteiger partial charge >= 0.3 is 0 Å². The van der Waals surface area contributed by atoms with Crippen LogP contribution in [0.15, 0.2) is 18.3 Å². The largest absolute Gasteiger partial charge is 0.383 e. The lowest BCUT2D eigenvalue weighted by Crippen LogP contribution is -2.33. The van der Waals surface area contributed by atoms with Gasteiger partial charge in [-0.1, -0.05) is 0 Å². The number of nitrogens with zero attached hydrogens (tertiary/aromatic N) is 2. The molecule has 0 aromatic carbocycles. The van der Waals surface area contributed by atoms with Crippen LogP contribution in [-0.2, 0) is 9.53 Å². The maximum Gasteiger partial charge on any atom is 0.242 e. The molecule has 1 amide bonds. The van der Waals surface area contributed by atoms with Crippen LogP contribution in [0.3, 0.4) is 0 Å². The third-order valence-corrected chi connectivity index (χ3v) is 2.30. The molecule has 1 atom stereocenters. The van der Waals surface area contributed by atoms with E-state index in [1.165, 1.54) is 0 Å². The van der Waals surface area contributed by atoms with Gasteiger partial charge in [0.05, 0.1) is 6.61 Å². The monoisotopic (exact) mass is 221 g/mol. The number of rotatable bonds is 5. The van der Waals surface area contributed by atoms with Crippen molar-refractivity contribution >= 4 is 5.91 Å². The summed E-state index contributed by atoms with van der Waals surface area (Å²) in [6.45, 7) is 2.71. The molecule has 0 saturated heterocycles. The molecule has 1 rings (SSSR count). The van der Waals surface area contributed by atoms with Crippen LogP contribution < -0.4 is 5.32 Å². The summed E-state index contributed by atoms with van der Waals surface area (Å²) < 4.78 is 6.47. The molecule has 1 aromatic heterocycles. The zero-order valence-corrected chi connectivity index (χ0v) is 9.43. The number of carbonyl (C=O) groups is 1. The first kappa shape index (κ1) is 12.3. The Bertz CT molecular complexity index is 392. The smallest absolute Gasteiger partial charge is 0.242 e. The summed E-state index contributed by atoms with van der Waals surface area (Å²) in [5.41, 5.74) is 0.481. The minimum atomic E-state index is -0.387. The highest BCUT2D eigenvalue weighted by atomic mass is 16.5. The van der Waals surface area contributed by atoms with Crippen LogP contribution in [0, 0.1) is 11.3 Å². The summed E-state index contributed by atoms with van der Waals surface area (Å²) in [7, 11) is 1.58. The maximum absolute atomic E-state index is 11.7. The van der Waals surface area contributed by atoms with E-state index < -0.39 is 0 Å². The Hall–Kier alpha value is -1.80. The van der Waals surface area contributed by atoms with Crippen molar-refractivity contribution in [3.8, 4) is 6.07 Å². The fraction of sp³-hybridized carbons (Fsp3) is 0.455. The van der Waals surface area contributed by atoms with E-state index in [0.29, 0.717) is 18.8 Å². The molecule has 0 aliphatic rings. The zero-order valence-electron chi connectivity index (χ0n) is 9.43. The normalized spacial score (nSPS) is 11.8. The molecule has 1 unspecified atom stereocenters. The molecule has 86 valence electrons. The Balaban J connectivity index is 2.61. The van der Waals surface area contributed by atoms with Crippen molar-refractivity contribution < 1.29 is 9.53 Å². The molecule has 5 heteroatoms. The molecule has 1 heterocycles. The highest BCUT2D eigenvalue weighted by Gasteiger charge is 2.15. The van der Waals surface area contributed by atoms with E-state index in [-0.39, 0.29) is 11.9 Å². The van der Waals surface area contributed by atoms with Crippen LogP contribution in [0.5, 0.6) is 0 Å². The van der Waals surface area contributed by atoms with E-state index in [9.17, 15) is 4.79 Å². The van der Waals surface area contributed by atoms with Crippen molar-refractivity contribution in [2.75, 3.05) is 20.3 Å². The number of carbonyl (C=O) groups excluding carboxylic acids is 1. The molecule has 1 N–H and O–H groups in total. The Kier molecular flexibility index (Phi) is 4.55. The fourth-order valence-electron chi connectivity index (χ4n) is 1.38. The molecular weight excluding hydrogens is 206 g/mol. The highest BCUT2D eigenvalue weighted by molar-refractivity contribution is 5.80. The van der Waals surface area contributed by atoms with Gasteiger partial charge in [-0.2, -0.15) is 5.26 Å². The topological polar surface area (TPSA) is 67.0 Å². The number of methoxy groups -OCH3 is 1. The van der Waals surface area contributed by atoms with Gasteiger partial charge < -0.3 is 14.6 Å². The summed E-state index contributed by atoms with van der Waals surface area (Å²) in [5, 5.41) is 11.6. The number of aromatic nitrogens is 1. The Morgan fingerprint density at radius 3 is 3.12 bits per heavy atom. The number of nitrogens with one attached hydrogen (secondary N) is 1. The average molecular weight is 221 g/mol. The number of hydrogen-bond acceptors (Lipinski definition) is 3. The van der Waals surface area contributed by atoms with E-state index in [2.05, 4.69) is 5.32 Å². The molecule has 1 aromatic rings. The number of ether oxygens (including phenoxy) is 1. The van der Waals surface area contributed by atoms with E-state index >= 15 is 0 Å². The fourth-order valence-corrected chi connectivity index (χ4v) is 1.38. The van der Waals surface area contributed by atoms with Gasteiger partial charge in [0, 0.05) is 19.9 Å². The minimum Gasteiger partial charge on any atom is -0.383 e. The zero-order chi connectivity index (χ0) is 12.0. The molecular formula is C11H15N3O2. The van der Waals surface area contributed by atoms with Crippen LogP contribution in [0.4, 0.5) is 0 Å². The number of nitriles is 1. The first-order chi connectivity index (χ1) is 7.70. The van der Waals surface area contributed by atoms with Crippen molar-refractivity contribution in [2.24, 2.45) is 0 Å². The Morgan fingerprint density at radius 2 is 2.50 bits per heavy atom. The molecule has 0 saturated carbocycles. The molecule has 0 radical (unpaired) electrons. The quantitative estimate of drug-likeness (QED) is 0.743. The van der Waals surface area contributed by atoms with Gasteiger partial charge in [-0.25, -0.2) is 0 Å². The van der Waals surface area contributed by atoms with Crippen LogP contribution in [0.25, 0.3) is 0 Å². The summed E-state index contributed by atoms with van der Waals surface area (Å²) >= 11 is 0. The van der Waals surface area contributed by atoms with Gasteiger partial charge in [-0.15, -0.1) is 0 Å². The summed E-state index contributed by atoms with van der Waals surface area (Å²) in [4.78, 5) is 11.7. The maximum atomic E-state index is 11.7. The van der Waals surface area contributed by atoms with E-state index in [1.54, 1.807) is 36.9 Å². The summed E-state index contributed by atoms with van der Waals surface area (Å²) in [6, 6.07) is 5.08. The molecule has 5 nitrogen and oxygen atoms in total. The third-order valence-electron chi connectivity index (χ3n) is 2.30. The second-order valence-electron chi connectivity index (χ2n) is 3.37. The lowest BCUT2D eigenvalue weighted by Gasteiger charge is -2.14. The van der Waals surface area contributed by atoms with Crippen molar-refractivity contribution in [3.63, 3.8) is 0 Å². The lowest BCUT2D eigenvalue weighted by atomic mass is 10.3. The number of hydrogen-bond donors (Lipinski definition) is 1. The molecule has 0 spiro atoms. The highest BCUT2D eigenvalue weighted by Crippen LogP contribution is 2.10. The second-order valence-corrected chi connectivity index (χ2v) is 3.37. The van der Waals surface area contributed by atoms with Crippen molar-refractivity contribution in [2.45, 2.75) is 13.0 Å². The summed E-state index contributed by atoms with van der Waals surface area (Å²) in [5.74, 6) is -0.121. The van der Waals surface area contributed by atoms with Crippen LogP contribution in [-0.4, -0.2) is 30.7 Å². The molecule has 0 aliphatic carbocycles. The molecule has 0 aliphatic heterocycles. The van der Waals surface area contributed by atoms with Crippen LogP contribution in [0.2, 0.25) is 0 Å². The van der Waals surface area contributed by atoms with Gasteiger partial charge in [0.1, 0.15) is 17.8 Å². The van der Waals surface area contributed by atoms with Crippen molar-refractivity contribution in [1.82, 2.24) is 9.88 Å². The molecule has 16 heavy (non-hydrogen) atoms. The van der Waals surface area contributed by atoms with Crippen LogP contribution in [0.1, 0.15) is 18.7 Å². The van der Waals surface area contributed by atoms with Gasteiger partial charge in [0.2, 0.25) is 5.91 Å². The Labute approximate surface area is 94.6 Å². The summed E-state index contributed by atoms with van der Waals surface area (Å²) in [6.07, 6.45) is 1.72. The van der Waals surface area contributed by atoms with Gasteiger partial charge in [0.15, 0.2) is 0 Å². The van der Waals surface area contributed by atoms with E-state index in [0.717, 1.165) is 0 Å². The predicted molar refractivity (Wildman–Crippen MR) is 58.7 cm³/mol. The predicted octanol–water partition coefficient (Wildman–Crippen LogP) is 0.683. The first-order valence-corrected chi connectivity index (χ1v) is 5.04. The first-order valence-electron chi connectivity index (χ1n) is 5.04. The van der Waals surface area contributed by atoms with E-state index in [4.69, 9.17) is 10.00 Å². The minimum absolute atomic E-state index is 0.121. The van der Waals surface area contributed by atoms with Gasteiger partial charge in [0.25, 0.3) is 0 Å². The van der Waals surface area contributed by atoms with E-state index in [1.807, 2.05) is 6.07 Å². The van der Waals surface area contributed by atoms with Crippen molar-refractivity contribution in [3.05, 3.63) is 24.0 Å². The molecule has 0 bridgehead atoms. The SMILES string of the molecule is COCCNC(=O)C(C)n1cccc1C#N. The second kappa shape index (κ2) is 5.93. The van der Waals surface area contributed by atoms with Gasteiger partial charge in [-0.05, 0) is 19.1 Å².